The van der Waals surface area contributed by atoms with Gasteiger partial charge in [-0.05, 0) is 31.0 Å². The van der Waals surface area contributed by atoms with E-state index >= 15 is 0 Å². The maximum Gasteiger partial charge on any atom is 0.391 e. The fourth-order valence-corrected chi connectivity index (χ4v) is 2.46. The minimum atomic E-state index is -4.21. The van der Waals surface area contributed by atoms with Crippen molar-refractivity contribution in [3.63, 3.8) is 0 Å². The first-order valence-corrected chi connectivity index (χ1v) is 6.80. The highest BCUT2D eigenvalue weighted by molar-refractivity contribution is 5.96. The van der Waals surface area contributed by atoms with Crippen molar-refractivity contribution in [1.82, 2.24) is 4.90 Å². The standard InChI is InChI=1S/C14H16F3N3O2/c15-14(16,17)10-4-6-20(7-5-10)12(21)9-2-1-3-11(8-9)19-13(18)22/h1-3,8,10H,4-7H2,(H3,18,19,22). The molecule has 0 atom stereocenters. The summed E-state index contributed by atoms with van der Waals surface area (Å²) < 4.78 is 37.8. The van der Waals surface area contributed by atoms with Crippen LogP contribution in [0.25, 0.3) is 0 Å². The summed E-state index contributed by atoms with van der Waals surface area (Å²) in [7, 11) is 0. The number of amides is 3. The van der Waals surface area contributed by atoms with E-state index in [1.807, 2.05) is 0 Å². The lowest BCUT2D eigenvalue weighted by Crippen LogP contribution is -2.42. The molecule has 2 rings (SSSR count). The molecule has 22 heavy (non-hydrogen) atoms. The van der Waals surface area contributed by atoms with E-state index in [1.165, 1.54) is 11.0 Å². The van der Waals surface area contributed by atoms with Crippen LogP contribution in [-0.4, -0.2) is 36.1 Å². The van der Waals surface area contributed by atoms with Gasteiger partial charge in [-0.3, -0.25) is 4.79 Å². The highest BCUT2D eigenvalue weighted by Crippen LogP contribution is 2.34. The third-order valence-electron chi connectivity index (χ3n) is 3.62. The molecular formula is C14H16F3N3O2. The van der Waals surface area contributed by atoms with Crippen molar-refractivity contribution < 1.29 is 22.8 Å². The molecule has 5 nitrogen and oxygen atoms in total. The molecule has 0 aliphatic carbocycles. The summed E-state index contributed by atoms with van der Waals surface area (Å²) in [6, 6.07) is 5.38. The second kappa shape index (κ2) is 6.25. The molecule has 0 unspecified atom stereocenters. The van der Waals surface area contributed by atoms with Crippen molar-refractivity contribution in [3.8, 4) is 0 Å². The van der Waals surface area contributed by atoms with E-state index in [2.05, 4.69) is 5.32 Å². The van der Waals surface area contributed by atoms with Gasteiger partial charge in [-0.1, -0.05) is 6.07 Å². The van der Waals surface area contributed by atoms with Crippen LogP contribution in [0.4, 0.5) is 23.7 Å². The Labute approximate surface area is 125 Å². The fraction of sp³-hybridized carbons (Fsp3) is 0.429. The number of rotatable bonds is 2. The minimum absolute atomic E-state index is 0.0660. The fourth-order valence-electron chi connectivity index (χ4n) is 2.46. The Morgan fingerprint density at radius 2 is 1.86 bits per heavy atom. The number of hydrogen-bond acceptors (Lipinski definition) is 2. The van der Waals surface area contributed by atoms with Crippen LogP contribution >= 0.6 is 0 Å². The Bertz CT molecular complexity index is 567. The van der Waals surface area contributed by atoms with Crippen molar-refractivity contribution in [2.45, 2.75) is 19.0 Å². The Morgan fingerprint density at radius 1 is 1.23 bits per heavy atom. The molecule has 0 saturated carbocycles. The lowest BCUT2D eigenvalue weighted by Gasteiger charge is -2.33. The average molecular weight is 315 g/mol. The zero-order chi connectivity index (χ0) is 16.3. The molecule has 3 N–H and O–H groups in total. The van der Waals surface area contributed by atoms with Crippen LogP contribution in [-0.2, 0) is 0 Å². The van der Waals surface area contributed by atoms with Gasteiger partial charge in [0.1, 0.15) is 0 Å². The van der Waals surface area contributed by atoms with Crippen molar-refractivity contribution in [3.05, 3.63) is 29.8 Å². The van der Waals surface area contributed by atoms with Crippen LogP contribution in [0.5, 0.6) is 0 Å². The maximum atomic E-state index is 12.6. The number of primary amides is 1. The molecule has 0 spiro atoms. The summed E-state index contributed by atoms with van der Waals surface area (Å²) >= 11 is 0. The number of nitrogens with two attached hydrogens (primary N) is 1. The van der Waals surface area contributed by atoms with Gasteiger partial charge in [0.25, 0.3) is 5.91 Å². The number of carbonyl (C=O) groups excluding carboxylic acids is 2. The predicted octanol–water partition coefficient (Wildman–Crippen LogP) is 2.59. The molecular weight excluding hydrogens is 299 g/mol. The second-order valence-electron chi connectivity index (χ2n) is 5.18. The lowest BCUT2D eigenvalue weighted by molar-refractivity contribution is -0.183. The molecule has 1 fully saturated rings. The van der Waals surface area contributed by atoms with Crippen LogP contribution in [0.1, 0.15) is 23.2 Å². The molecule has 1 aromatic carbocycles. The molecule has 3 amide bonds. The van der Waals surface area contributed by atoms with Crippen LogP contribution in [0, 0.1) is 5.92 Å². The van der Waals surface area contributed by atoms with E-state index < -0.39 is 18.1 Å². The smallest absolute Gasteiger partial charge is 0.351 e. The lowest BCUT2D eigenvalue weighted by atomic mass is 9.96. The van der Waals surface area contributed by atoms with Gasteiger partial charge < -0.3 is 16.0 Å². The summed E-state index contributed by atoms with van der Waals surface area (Å²) in [6.45, 7) is 0.132. The Hall–Kier alpha value is -2.25. The van der Waals surface area contributed by atoms with E-state index in [0.29, 0.717) is 11.3 Å². The van der Waals surface area contributed by atoms with E-state index in [9.17, 15) is 22.8 Å². The number of urea groups is 1. The van der Waals surface area contributed by atoms with Crippen LogP contribution in [0.3, 0.4) is 0 Å². The van der Waals surface area contributed by atoms with Crippen LogP contribution in [0.2, 0.25) is 0 Å². The number of carbonyl (C=O) groups is 2. The van der Waals surface area contributed by atoms with Gasteiger partial charge in [0.05, 0.1) is 5.92 Å². The molecule has 0 aromatic heterocycles. The van der Waals surface area contributed by atoms with Crippen molar-refractivity contribution in [1.29, 1.82) is 0 Å². The highest BCUT2D eigenvalue weighted by Gasteiger charge is 2.41. The summed E-state index contributed by atoms with van der Waals surface area (Å²) in [6.07, 6.45) is -4.39. The van der Waals surface area contributed by atoms with Crippen LogP contribution in [0.15, 0.2) is 24.3 Å². The zero-order valence-corrected chi connectivity index (χ0v) is 11.7. The summed E-state index contributed by atoms with van der Waals surface area (Å²) in [4.78, 5) is 24.5. The third-order valence-corrected chi connectivity index (χ3v) is 3.62. The zero-order valence-electron chi connectivity index (χ0n) is 11.7. The third kappa shape index (κ3) is 3.90. The number of nitrogens with zero attached hydrogens (tertiary/aromatic N) is 1. The van der Waals surface area contributed by atoms with Gasteiger partial charge in [-0.25, -0.2) is 4.79 Å². The van der Waals surface area contributed by atoms with E-state index in [-0.39, 0.29) is 31.8 Å². The molecule has 1 saturated heterocycles. The Kier molecular flexibility index (Phi) is 4.58. The number of hydrogen-bond donors (Lipinski definition) is 2. The monoisotopic (exact) mass is 315 g/mol. The molecule has 1 aliphatic heterocycles. The van der Waals surface area contributed by atoms with E-state index in [4.69, 9.17) is 5.73 Å². The first-order valence-electron chi connectivity index (χ1n) is 6.80. The molecule has 1 aliphatic rings. The molecule has 120 valence electrons. The van der Waals surface area contributed by atoms with Gasteiger partial charge >= 0.3 is 12.2 Å². The molecule has 1 aromatic rings. The van der Waals surface area contributed by atoms with Gasteiger partial charge in [0.15, 0.2) is 0 Å². The largest absolute Gasteiger partial charge is 0.391 e. The Balaban J connectivity index is 2.02. The number of halogens is 3. The maximum absolute atomic E-state index is 12.6. The minimum Gasteiger partial charge on any atom is -0.351 e. The number of piperidine rings is 1. The molecule has 0 bridgehead atoms. The van der Waals surface area contributed by atoms with Gasteiger partial charge in [0.2, 0.25) is 0 Å². The summed E-state index contributed by atoms with van der Waals surface area (Å²) in [5, 5.41) is 2.35. The van der Waals surface area contributed by atoms with Gasteiger partial charge in [0, 0.05) is 24.3 Å². The van der Waals surface area contributed by atoms with Crippen LogP contribution < -0.4 is 11.1 Å². The molecule has 8 heteroatoms. The summed E-state index contributed by atoms with van der Waals surface area (Å²) in [5.74, 6) is -1.70. The van der Waals surface area contributed by atoms with Crippen molar-refractivity contribution in [2.75, 3.05) is 18.4 Å². The number of alkyl halides is 3. The summed E-state index contributed by atoms with van der Waals surface area (Å²) in [5.41, 5.74) is 5.66. The topological polar surface area (TPSA) is 75.4 Å². The van der Waals surface area contributed by atoms with E-state index in [0.717, 1.165) is 0 Å². The number of likely N-dealkylation sites (tertiary alicyclic amines) is 1. The highest BCUT2D eigenvalue weighted by atomic mass is 19.4. The van der Waals surface area contributed by atoms with E-state index in [1.54, 1.807) is 18.2 Å². The van der Waals surface area contributed by atoms with Crippen molar-refractivity contribution in [2.24, 2.45) is 11.7 Å². The first-order chi connectivity index (χ1) is 10.3. The van der Waals surface area contributed by atoms with Gasteiger partial charge in [-0.15, -0.1) is 0 Å². The van der Waals surface area contributed by atoms with Gasteiger partial charge in [-0.2, -0.15) is 13.2 Å². The normalized spacial score (nSPS) is 16.4. The number of anilines is 1. The number of nitrogens with one attached hydrogen (secondary N) is 1. The second-order valence-corrected chi connectivity index (χ2v) is 5.18. The quantitative estimate of drug-likeness (QED) is 0.880. The molecule has 0 radical (unpaired) electrons. The number of benzene rings is 1. The Morgan fingerprint density at radius 3 is 2.41 bits per heavy atom. The molecule has 1 heterocycles. The predicted molar refractivity (Wildman–Crippen MR) is 74.3 cm³/mol. The SMILES string of the molecule is NC(=O)Nc1cccc(C(=O)N2CCC(C(F)(F)F)CC2)c1. The first kappa shape index (κ1) is 16.1. The van der Waals surface area contributed by atoms with Crippen molar-refractivity contribution >= 4 is 17.6 Å². The average Bonchev–Trinajstić information content (AvgIpc) is 2.45.